The third-order valence-corrected chi connectivity index (χ3v) is 7.06. The number of hydrogen-bond acceptors (Lipinski definition) is 6. The zero-order valence-corrected chi connectivity index (χ0v) is 23.0. The Bertz CT molecular complexity index is 1300. The fourth-order valence-electron chi connectivity index (χ4n) is 4.75. The van der Waals surface area contributed by atoms with E-state index in [1.54, 1.807) is 19.4 Å². The van der Waals surface area contributed by atoms with Gasteiger partial charge in [0.2, 0.25) is 0 Å². The average Bonchev–Trinajstić information content (AvgIpc) is 2.99. The van der Waals surface area contributed by atoms with E-state index in [0.717, 1.165) is 42.0 Å². The molecule has 1 saturated heterocycles. The molecule has 0 spiro atoms. The van der Waals surface area contributed by atoms with Gasteiger partial charge in [0.15, 0.2) is 5.76 Å². The summed E-state index contributed by atoms with van der Waals surface area (Å²) in [7, 11) is 1.67. The zero-order chi connectivity index (χ0) is 27.6. The number of aryl methyl sites for hydroxylation is 2. The first-order chi connectivity index (χ1) is 19.0. The molecule has 0 aliphatic carbocycles. The van der Waals surface area contributed by atoms with Gasteiger partial charge in [-0.25, -0.2) is 0 Å². The first kappa shape index (κ1) is 27.8. The highest BCUT2D eigenvalue weighted by molar-refractivity contribution is 5.96. The topological polar surface area (TPSA) is 71.1 Å². The Hall–Kier alpha value is -4.26. The molecule has 7 nitrogen and oxygen atoms in total. The largest absolute Gasteiger partial charge is 0.495 e. The number of carbonyl (C=O) groups is 2. The van der Waals surface area contributed by atoms with Gasteiger partial charge in [-0.15, -0.1) is 0 Å². The minimum Gasteiger partial charge on any atom is -0.495 e. The van der Waals surface area contributed by atoms with E-state index in [2.05, 4.69) is 29.3 Å². The summed E-state index contributed by atoms with van der Waals surface area (Å²) in [6.07, 6.45) is 5.04. The van der Waals surface area contributed by atoms with Gasteiger partial charge in [-0.2, -0.15) is 0 Å². The van der Waals surface area contributed by atoms with E-state index >= 15 is 0 Å². The molecule has 1 aliphatic heterocycles. The molecule has 1 amide bonds. The minimum absolute atomic E-state index is 0.0323. The number of nitrogens with one attached hydrogen (secondary N) is 1. The molecule has 4 rings (SSSR count). The lowest BCUT2D eigenvalue weighted by molar-refractivity contribution is -0.122. The van der Waals surface area contributed by atoms with E-state index in [1.807, 2.05) is 60.4 Å². The number of anilines is 2. The molecule has 0 aromatic heterocycles. The maximum Gasteiger partial charge on any atom is 0.298 e. The van der Waals surface area contributed by atoms with Gasteiger partial charge >= 0.3 is 0 Å². The van der Waals surface area contributed by atoms with Crippen LogP contribution in [0.15, 0.2) is 72.9 Å². The molecule has 39 heavy (non-hydrogen) atoms. The Morgan fingerprint density at radius 1 is 1.00 bits per heavy atom. The van der Waals surface area contributed by atoms with Gasteiger partial charge in [0, 0.05) is 49.2 Å². The van der Waals surface area contributed by atoms with Crippen LogP contribution in [0.25, 0.3) is 5.76 Å². The van der Waals surface area contributed by atoms with E-state index in [-0.39, 0.29) is 5.91 Å². The van der Waals surface area contributed by atoms with E-state index in [9.17, 15) is 9.59 Å². The fourth-order valence-corrected chi connectivity index (χ4v) is 4.75. The van der Waals surface area contributed by atoms with E-state index in [4.69, 9.17) is 9.47 Å². The van der Waals surface area contributed by atoms with Crippen LogP contribution in [0.4, 0.5) is 11.4 Å². The molecule has 1 aliphatic rings. The van der Waals surface area contributed by atoms with Crippen LogP contribution in [-0.4, -0.2) is 50.6 Å². The maximum atomic E-state index is 13.5. The lowest BCUT2D eigenvalue weighted by Gasteiger charge is -2.36. The van der Waals surface area contributed by atoms with Crippen molar-refractivity contribution in [3.8, 4) is 5.75 Å². The molecule has 204 valence electrons. The van der Waals surface area contributed by atoms with Crippen molar-refractivity contribution in [3.63, 3.8) is 0 Å². The summed E-state index contributed by atoms with van der Waals surface area (Å²) in [6.45, 7) is 7.14. The molecule has 0 saturated carbocycles. The van der Waals surface area contributed by atoms with Crippen LogP contribution in [0.1, 0.15) is 46.8 Å². The third kappa shape index (κ3) is 6.99. The maximum absolute atomic E-state index is 13.5. The van der Waals surface area contributed by atoms with Crippen LogP contribution < -0.4 is 15.0 Å². The van der Waals surface area contributed by atoms with Crippen molar-refractivity contribution in [2.75, 3.05) is 43.5 Å². The van der Waals surface area contributed by atoms with Crippen molar-refractivity contribution >= 4 is 29.5 Å². The Morgan fingerprint density at radius 2 is 1.74 bits per heavy atom. The van der Waals surface area contributed by atoms with Gasteiger partial charge in [-0.1, -0.05) is 49.7 Å². The highest BCUT2D eigenvalue weighted by Gasteiger charge is 2.25. The van der Waals surface area contributed by atoms with Crippen LogP contribution in [0.5, 0.6) is 5.75 Å². The standard InChI is InChI=1S/C32H37N3O4/c1-4-5-8-25-12-15-27(16-13-25)33-22-31(39-23-36)26-14-11-24(2)28(21-26)32(37)35-19-17-34(18-20-35)29-9-6-7-10-30(29)38-3/h6-7,9-16,21-23,33H,4-5,8,17-20H2,1-3H3/b31-22-. The Morgan fingerprint density at radius 3 is 2.44 bits per heavy atom. The van der Waals surface area contributed by atoms with Crippen LogP contribution in [0.3, 0.4) is 0 Å². The number of piperazine rings is 1. The van der Waals surface area contributed by atoms with E-state index in [0.29, 0.717) is 49.5 Å². The van der Waals surface area contributed by atoms with Gasteiger partial charge in [-0.05, 0) is 61.2 Å². The fraction of sp³-hybridized carbons (Fsp3) is 0.312. The van der Waals surface area contributed by atoms with Crippen LogP contribution in [0, 0.1) is 6.92 Å². The number of nitrogens with zero attached hydrogens (tertiary/aromatic N) is 2. The first-order valence-electron chi connectivity index (χ1n) is 13.5. The SMILES string of the molecule is CCCCc1ccc(N/C=C(\OC=O)c2ccc(C)c(C(=O)N3CCN(c4ccccc4OC)CC3)c2)cc1. The van der Waals surface area contributed by atoms with Crippen LogP contribution in [0.2, 0.25) is 0 Å². The van der Waals surface area contributed by atoms with Crippen LogP contribution in [-0.2, 0) is 16.0 Å². The predicted molar refractivity (Wildman–Crippen MR) is 156 cm³/mol. The number of hydrogen-bond donors (Lipinski definition) is 1. The summed E-state index contributed by atoms with van der Waals surface area (Å²) in [6, 6.07) is 21.7. The molecule has 1 fully saturated rings. The molecule has 1 heterocycles. The highest BCUT2D eigenvalue weighted by Crippen LogP contribution is 2.29. The summed E-state index contributed by atoms with van der Waals surface area (Å²) in [5.41, 5.74) is 5.33. The predicted octanol–water partition coefficient (Wildman–Crippen LogP) is 5.89. The van der Waals surface area contributed by atoms with Gasteiger partial charge in [0.25, 0.3) is 12.4 Å². The first-order valence-corrected chi connectivity index (χ1v) is 13.5. The number of benzene rings is 3. The molecule has 0 bridgehead atoms. The number of para-hydroxylation sites is 2. The molecular weight excluding hydrogens is 490 g/mol. The number of ether oxygens (including phenoxy) is 2. The van der Waals surface area contributed by atoms with Gasteiger partial charge in [-0.3, -0.25) is 9.59 Å². The average molecular weight is 528 g/mol. The molecular formula is C32H37N3O4. The summed E-state index contributed by atoms with van der Waals surface area (Å²) < 4.78 is 10.8. The second-order valence-corrected chi connectivity index (χ2v) is 9.65. The lowest BCUT2D eigenvalue weighted by atomic mass is 10.0. The van der Waals surface area contributed by atoms with Gasteiger partial charge in [0.1, 0.15) is 5.75 Å². The van der Waals surface area contributed by atoms with Gasteiger partial charge < -0.3 is 24.6 Å². The second-order valence-electron chi connectivity index (χ2n) is 9.65. The zero-order valence-electron chi connectivity index (χ0n) is 23.0. The van der Waals surface area contributed by atoms with Gasteiger partial charge in [0.05, 0.1) is 12.8 Å². The third-order valence-electron chi connectivity index (χ3n) is 7.06. The molecule has 7 heteroatoms. The number of amides is 1. The number of rotatable bonds is 11. The Kier molecular flexibility index (Phi) is 9.62. The Balaban J connectivity index is 1.46. The van der Waals surface area contributed by atoms with Crippen molar-refractivity contribution < 1.29 is 19.1 Å². The molecule has 0 radical (unpaired) electrons. The van der Waals surface area contributed by atoms with Crippen molar-refractivity contribution in [2.45, 2.75) is 33.1 Å². The highest BCUT2D eigenvalue weighted by atomic mass is 16.5. The number of unbranched alkanes of at least 4 members (excludes halogenated alkanes) is 1. The molecule has 0 unspecified atom stereocenters. The smallest absolute Gasteiger partial charge is 0.298 e. The lowest BCUT2D eigenvalue weighted by Crippen LogP contribution is -2.49. The number of methoxy groups -OCH3 is 1. The van der Waals surface area contributed by atoms with E-state index < -0.39 is 0 Å². The molecule has 1 N–H and O–H groups in total. The summed E-state index contributed by atoms with van der Waals surface area (Å²) in [4.78, 5) is 29.0. The molecule has 0 atom stereocenters. The summed E-state index contributed by atoms with van der Waals surface area (Å²) in [5.74, 6) is 1.14. The summed E-state index contributed by atoms with van der Waals surface area (Å²) in [5, 5.41) is 3.21. The number of carbonyl (C=O) groups excluding carboxylic acids is 2. The van der Waals surface area contributed by atoms with Crippen molar-refractivity contribution in [1.82, 2.24) is 4.90 Å². The van der Waals surface area contributed by atoms with Crippen LogP contribution >= 0.6 is 0 Å². The van der Waals surface area contributed by atoms with E-state index in [1.165, 1.54) is 5.56 Å². The quantitative estimate of drug-likeness (QED) is 0.248. The van der Waals surface area contributed by atoms with Crippen molar-refractivity contribution in [3.05, 3.63) is 95.2 Å². The summed E-state index contributed by atoms with van der Waals surface area (Å²) >= 11 is 0. The second kappa shape index (κ2) is 13.5. The molecule has 3 aromatic carbocycles. The minimum atomic E-state index is -0.0323. The Labute approximate surface area is 231 Å². The van der Waals surface area contributed by atoms with Crippen molar-refractivity contribution in [2.24, 2.45) is 0 Å². The molecule has 3 aromatic rings. The normalized spacial score (nSPS) is 13.7. The van der Waals surface area contributed by atoms with Crippen molar-refractivity contribution in [1.29, 1.82) is 0 Å². The monoisotopic (exact) mass is 527 g/mol.